The van der Waals surface area contributed by atoms with Gasteiger partial charge in [0.15, 0.2) is 0 Å². The number of anilines is 1. The molecule has 3 nitrogen and oxygen atoms in total. The number of rotatable bonds is 1. The third-order valence-electron chi connectivity index (χ3n) is 3.22. The Labute approximate surface area is 116 Å². The van der Waals surface area contributed by atoms with Crippen LogP contribution < -0.4 is 5.73 Å². The topological polar surface area (TPSA) is 54.7 Å². The van der Waals surface area contributed by atoms with E-state index in [0.29, 0.717) is 10.7 Å². The molecule has 0 aliphatic rings. The number of nitrogen functional groups attached to an aromatic ring is 1. The van der Waals surface area contributed by atoms with Crippen LogP contribution in [0.25, 0.3) is 22.4 Å². The predicted molar refractivity (Wildman–Crippen MR) is 80.4 cm³/mol. The smallest absolute Gasteiger partial charge is 0.138 e. The molecule has 0 radical (unpaired) electrons. The summed E-state index contributed by atoms with van der Waals surface area (Å²) >= 11 is 6.00. The second kappa shape index (κ2) is 4.28. The highest BCUT2D eigenvalue weighted by Crippen LogP contribution is 2.29. The fourth-order valence-corrected chi connectivity index (χ4v) is 2.54. The predicted octanol–water partition coefficient (Wildman–Crippen LogP) is 4.08. The van der Waals surface area contributed by atoms with Crippen molar-refractivity contribution in [3.63, 3.8) is 0 Å². The Morgan fingerprint density at radius 2 is 1.95 bits per heavy atom. The van der Waals surface area contributed by atoms with Crippen molar-refractivity contribution in [1.29, 1.82) is 0 Å². The van der Waals surface area contributed by atoms with Crippen LogP contribution in [0.5, 0.6) is 0 Å². The van der Waals surface area contributed by atoms with E-state index in [1.54, 1.807) is 6.07 Å². The van der Waals surface area contributed by atoms with Crippen molar-refractivity contribution < 1.29 is 0 Å². The highest BCUT2D eigenvalue weighted by Gasteiger charge is 2.10. The first kappa shape index (κ1) is 12.1. The monoisotopic (exact) mass is 271 g/mol. The number of fused-ring (bicyclic) bond motifs is 1. The second-order valence-electron chi connectivity index (χ2n) is 4.79. The molecule has 1 heterocycles. The number of hydrogen-bond donors (Lipinski definition) is 2. The van der Waals surface area contributed by atoms with E-state index >= 15 is 0 Å². The summed E-state index contributed by atoms with van der Waals surface area (Å²) in [4.78, 5) is 7.85. The first-order valence-corrected chi connectivity index (χ1v) is 6.45. The molecule has 0 atom stereocenters. The molecule has 3 aromatic rings. The summed E-state index contributed by atoms with van der Waals surface area (Å²) in [6.07, 6.45) is 0. The highest BCUT2D eigenvalue weighted by atomic mass is 35.5. The molecule has 0 bridgehead atoms. The van der Waals surface area contributed by atoms with Crippen LogP contribution >= 0.6 is 11.6 Å². The Kier molecular flexibility index (Phi) is 2.72. The number of aromatic nitrogens is 2. The Morgan fingerprint density at radius 1 is 1.16 bits per heavy atom. The molecule has 0 aliphatic heterocycles. The lowest BCUT2D eigenvalue weighted by atomic mass is 10.1. The van der Waals surface area contributed by atoms with Gasteiger partial charge in [0.05, 0.1) is 11.2 Å². The lowest BCUT2D eigenvalue weighted by Gasteiger charge is -2.03. The number of imidazole rings is 1. The van der Waals surface area contributed by atoms with Crippen LogP contribution in [0, 0.1) is 13.8 Å². The number of nitrogens with two attached hydrogens (primary N) is 1. The number of nitrogens with zero attached hydrogens (tertiary/aromatic N) is 1. The van der Waals surface area contributed by atoms with Crippen molar-refractivity contribution in [3.8, 4) is 11.4 Å². The first-order chi connectivity index (χ1) is 9.04. The minimum atomic E-state index is 0.592. The number of aromatic amines is 1. The van der Waals surface area contributed by atoms with Gasteiger partial charge in [0.1, 0.15) is 11.3 Å². The summed E-state index contributed by atoms with van der Waals surface area (Å²) in [7, 11) is 0. The first-order valence-electron chi connectivity index (χ1n) is 6.07. The Balaban J connectivity index is 2.23. The molecule has 0 unspecified atom stereocenters. The average molecular weight is 272 g/mol. The van der Waals surface area contributed by atoms with Gasteiger partial charge in [0.2, 0.25) is 0 Å². The Morgan fingerprint density at radius 3 is 2.68 bits per heavy atom. The van der Waals surface area contributed by atoms with Crippen molar-refractivity contribution in [2.45, 2.75) is 13.8 Å². The van der Waals surface area contributed by atoms with E-state index in [0.717, 1.165) is 22.4 Å². The zero-order chi connectivity index (χ0) is 13.6. The van der Waals surface area contributed by atoms with E-state index in [4.69, 9.17) is 17.3 Å². The number of nitrogens with one attached hydrogen (secondary N) is 1. The normalized spacial score (nSPS) is 11.1. The molecule has 0 aliphatic carbocycles. The van der Waals surface area contributed by atoms with Gasteiger partial charge >= 0.3 is 0 Å². The largest absolute Gasteiger partial charge is 0.397 e. The molecule has 19 heavy (non-hydrogen) atoms. The van der Waals surface area contributed by atoms with Gasteiger partial charge < -0.3 is 10.7 Å². The summed E-state index contributed by atoms with van der Waals surface area (Å²) < 4.78 is 0. The molecular formula is C15H14ClN3. The zero-order valence-electron chi connectivity index (χ0n) is 10.8. The molecule has 1 aromatic heterocycles. The number of hydrogen-bond acceptors (Lipinski definition) is 2. The highest BCUT2D eigenvalue weighted by molar-refractivity contribution is 6.31. The summed E-state index contributed by atoms with van der Waals surface area (Å²) in [5, 5.41) is 0.612. The molecule has 0 saturated carbocycles. The van der Waals surface area contributed by atoms with Gasteiger partial charge in [-0.25, -0.2) is 4.98 Å². The summed E-state index contributed by atoms with van der Waals surface area (Å²) in [5.41, 5.74) is 11.7. The van der Waals surface area contributed by atoms with Gasteiger partial charge in [-0.2, -0.15) is 0 Å². The summed E-state index contributed by atoms with van der Waals surface area (Å²) in [6.45, 7) is 4.15. The second-order valence-corrected chi connectivity index (χ2v) is 5.23. The number of halogens is 1. The van der Waals surface area contributed by atoms with E-state index in [-0.39, 0.29) is 0 Å². The summed E-state index contributed by atoms with van der Waals surface area (Å²) in [6, 6.07) is 9.84. The van der Waals surface area contributed by atoms with Crippen molar-refractivity contribution in [2.75, 3.05) is 5.73 Å². The molecule has 2 aromatic carbocycles. The van der Waals surface area contributed by atoms with Gasteiger partial charge in [0.25, 0.3) is 0 Å². The molecule has 0 spiro atoms. The van der Waals surface area contributed by atoms with Crippen LogP contribution in [0.3, 0.4) is 0 Å². The van der Waals surface area contributed by atoms with Crippen molar-refractivity contribution in [2.24, 2.45) is 0 Å². The van der Waals surface area contributed by atoms with Crippen molar-refractivity contribution in [1.82, 2.24) is 9.97 Å². The van der Waals surface area contributed by atoms with E-state index in [1.807, 2.05) is 6.07 Å². The maximum Gasteiger partial charge on any atom is 0.138 e. The third kappa shape index (κ3) is 2.06. The third-order valence-corrected chi connectivity index (χ3v) is 3.44. The maximum absolute atomic E-state index is 6.00. The van der Waals surface area contributed by atoms with E-state index < -0.39 is 0 Å². The van der Waals surface area contributed by atoms with Gasteiger partial charge in [-0.05, 0) is 31.5 Å². The minimum absolute atomic E-state index is 0.592. The Bertz CT molecular complexity index is 774. The van der Waals surface area contributed by atoms with Crippen LogP contribution in [-0.4, -0.2) is 9.97 Å². The maximum atomic E-state index is 6.00. The van der Waals surface area contributed by atoms with Crippen LogP contribution in [0.1, 0.15) is 11.1 Å². The minimum Gasteiger partial charge on any atom is -0.397 e. The summed E-state index contributed by atoms with van der Waals surface area (Å²) in [5.74, 6) is 0.821. The molecule has 3 rings (SSSR count). The molecule has 0 amide bonds. The van der Waals surface area contributed by atoms with Gasteiger partial charge in [0, 0.05) is 10.6 Å². The number of aryl methyl sites for hydroxylation is 2. The SMILES string of the molecule is Cc1ccc(-c2nc3c(N)cc(Cl)cc3[nH]2)c(C)c1. The van der Waals surface area contributed by atoms with Crippen molar-refractivity contribution >= 4 is 28.3 Å². The van der Waals surface area contributed by atoms with E-state index in [2.05, 4.69) is 42.0 Å². The molecule has 0 saturated heterocycles. The van der Waals surface area contributed by atoms with Gasteiger partial charge in [-0.1, -0.05) is 35.4 Å². The molecule has 4 heteroatoms. The number of benzene rings is 2. The molecule has 96 valence electrons. The van der Waals surface area contributed by atoms with E-state index in [9.17, 15) is 0 Å². The molecular weight excluding hydrogens is 258 g/mol. The van der Waals surface area contributed by atoms with E-state index in [1.165, 1.54) is 11.1 Å². The average Bonchev–Trinajstić information content (AvgIpc) is 2.72. The molecule has 0 fully saturated rings. The van der Waals surface area contributed by atoms with Crippen LogP contribution in [-0.2, 0) is 0 Å². The van der Waals surface area contributed by atoms with Crippen LogP contribution in [0.15, 0.2) is 30.3 Å². The van der Waals surface area contributed by atoms with Gasteiger partial charge in [-0.3, -0.25) is 0 Å². The van der Waals surface area contributed by atoms with Crippen molar-refractivity contribution in [3.05, 3.63) is 46.5 Å². The lowest BCUT2D eigenvalue weighted by Crippen LogP contribution is -1.87. The fourth-order valence-electron chi connectivity index (χ4n) is 2.31. The fraction of sp³-hybridized carbons (Fsp3) is 0.133. The van der Waals surface area contributed by atoms with Crippen LogP contribution in [0.2, 0.25) is 5.02 Å². The lowest BCUT2D eigenvalue weighted by molar-refractivity contribution is 1.29. The quantitative estimate of drug-likeness (QED) is 0.655. The van der Waals surface area contributed by atoms with Gasteiger partial charge in [-0.15, -0.1) is 0 Å². The standard InChI is InChI=1S/C15H14ClN3/c1-8-3-4-11(9(2)5-8)15-18-13-7-10(16)6-12(17)14(13)19-15/h3-7H,17H2,1-2H3,(H,18,19). The molecule has 3 N–H and O–H groups in total. The Hall–Kier alpha value is -2.00. The zero-order valence-corrected chi connectivity index (χ0v) is 11.5. The number of H-pyrrole nitrogens is 1. The van der Waals surface area contributed by atoms with Crippen LogP contribution in [0.4, 0.5) is 5.69 Å².